The van der Waals surface area contributed by atoms with Gasteiger partial charge in [0, 0.05) is 17.0 Å². The lowest BCUT2D eigenvalue weighted by molar-refractivity contribution is 0.355. The van der Waals surface area contributed by atoms with Crippen molar-refractivity contribution in [2.24, 2.45) is 0 Å². The standard InChI is InChI=1S/C18H10Cl2N2O4/c1-8-10-4-3-9(24-2)5-13(10)25-18(8)26-17-12(7-22)11(6-21)16(23)14(19)15(17)20/h3-5,23H,1-2H3. The fourth-order valence-corrected chi connectivity index (χ4v) is 2.87. The number of nitriles is 2. The normalized spacial score (nSPS) is 10.4. The van der Waals surface area contributed by atoms with Gasteiger partial charge in [0.15, 0.2) is 11.5 Å². The van der Waals surface area contributed by atoms with E-state index in [2.05, 4.69) is 0 Å². The number of phenolic OH excluding ortho intramolecular Hbond substituents is 1. The van der Waals surface area contributed by atoms with E-state index in [1.165, 1.54) is 7.11 Å². The third-order valence-corrected chi connectivity index (χ3v) is 4.66. The van der Waals surface area contributed by atoms with E-state index in [-0.39, 0.29) is 32.9 Å². The summed E-state index contributed by atoms with van der Waals surface area (Å²) < 4.78 is 16.5. The molecule has 0 spiro atoms. The summed E-state index contributed by atoms with van der Waals surface area (Å²) in [5.74, 6) is -0.0536. The highest BCUT2D eigenvalue weighted by molar-refractivity contribution is 6.44. The molecule has 26 heavy (non-hydrogen) atoms. The second-order valence-electron chi connectivity index (χ2n) is 5.26. The SMILES string of the molecule is COc1ccc2c(C)c(Oc3c(Cl)c(Cl)c(O)c(C#N)c3C#N)oc2c1. The second kappa shape index (κ2) is 6.68. The molecule has 6 nitrogen and oxygen atoms in total. The summed E-state index contributed by atoms with van der Waals surface area (Å²) in [6, 6.07) is 8.79. The van der Waals surface area contributed by atoms with Crippen LogP contribution in [0.4, 0.5) is 0 Å². The molecule has 130 valence electrons. The summed E-state index contributed by atoms with van der Waals surface area (Å²) in [5.41, 5.74) is 0.603. The van der Waals surface area contributed by atoms with Gasteiger partial charge in [-0.3, -0.25) is 0 Å². The highest BCUT2D eigenvalue weighted by atomic mass is 35.5. The van der Waals surface area contributed by atoms with Crippen LogP contribution in [0.3, 0.4) is 0 Å². The number of phenols is 1. The molecule has 1 heterocycles. The highest BCUT2D eigenvalue weighted by Gasteiger charge is 2.25. The van der Waals surface area contributed by atoms with Gasteiger partial charge in [-0.1, -0.05) is 23.2 Å². The molecule has 1 N–H and O–H groups in total. The molecule has 0 radical (unpaired) electrons. The van der Waals surface area contributed by atoms with Gasteiger partial charge in [-0.15, -0.1) is 0 Å². The maximum atomic E-state index is 9.92. The van der Waals surface area contributed by atoms with Crippen LogP contribution in [-0.4, -0.2) is 12.2 Å². The first-order valence-corrected chi connectivity index (χ1v) is 7.97. The summed E-state index contributed by atoms with van der Waals surface area (Å²) in [6.07, 6.45) is 0. The maximum Gasteiger partial charge on any atom is 0.294 e. The van der Waals surface area contributed by atoms with Gasteiger partial charge in [0.1, 0.15) is 44.6 Å². The average Bonchev–Trinajstić information content (AvgIpc) is 2.96. The molecule has 2 aromatic carbocycles. The van der Waals surface area contributed by atoms with Crippen molar-refractivity contribution in [1.82, 2.24) is 0 Å². The van der Waals surface area contributed by atoms with Crippen LogP contribution >= 0.6 is 23.2 Å². The van der Waals surface area contributed by atoms with Crippen LogP contribution in [0.5, 0.6) is 23.2 Å². The number of hydrogen-bond donors (Lipinski definition) is 1. The number of aromatic hydroxyl groups is 1. The lowest BCUT2D eigenvalue weighted by Crippen LogP contribution is -1.95. The Balaban J connectivity index is 2.20. The molecule has 8 heteroatoms. The Labute approximate surface area is 158 Å². The van der Waals surface area contributed by atoms with Crippen LogP contribution in [0.2, 0.25) is 10.0 Å². The second-order valence-corrected chi connectivity index (χ2v) is 6.01. The van der Waals surface area contributed by atoms with E-state index in [0.29, 0.717) is 16.9 Å². The first-order chi connectivity index (χ1) is 12.4. The summed E-state index contributed by atoms with van der Waals surface area (Å²) in [7, 11) is 1.54. The smallest absolute Gasteiger partial charge is 0.294 e. The minimum absolute atomic E-state index is 0.0808. The van der Waals surface area contributed by atoms with E-state index in [1.54, 1.807) is 37.3 Å². The predicted molar refractivity (Wildman–Crippen MR) is 95.1 cm³/mol. The topological polar surface area (TPSA) is 99.4 Å². The molecule has 3 aromatic rings. The average molecular weight is 389 g/mol. The van der Waals surface area contributed by atoms with E-state index < -0.39 is 5.75 Å². The van der Waals surface area contributed by atoms with Gasteiger partial charge < -0.3 is 19.0 Å². The van der Waals surface area contributed by atoms with Crippen molar-refractivity contribution in [2.45, 2.75) is 6.92 Å². The molecule has 0 bridgehead atoms. The van der Waals surface area contributed by atoms with Gasteiger partial charge in [-0.05, 0) is 19.1 Å². The van der Waals surface area contributed by atoms with Gasteiger partial charge in [0.2, 0.25) is 0 Å². The summed E-state index contributed by atoms with van der Waals surface area (Å²) >= 11 is 12.1. The van der Waals surface area contributed by atoms with Crippen molar-refractivity contribution < 1.29 is 19.0 Å². The van der Waals surface area contributed by atoms with E-state index >= 15 is 0 Å². The van der Waals surface area contributed by atoms with Crippen molar-refractivity contribution in [3.63, 3.8) is 0 Å². The lowest BCUT2D eigenvalue weighted by Gasteiger charge is -2.11. The maximum absolute atomic E-state index is 9.92. The molecule has 0 saturated heterocycles. The van der Waals surface area contributed by atoms with Crippen molar-refractivity contribution >= 4 is 34.2 Å². The van der Waals surface area contributed by atoms with E-state index in [1.807, 2.05) is 0 Å². The first-order valence-electron chi connectivity index (χ1n) is 7.22. The Morgan fingerprint density at radius 2 is 1.81 bits per heavy atom. The molecule has 0 amide bonds. The van der Waals surface area contributed by atoms with Gasteiger partial charge in [0.25, 0.3) is 5.95 Å². The zero-order valence-corrected chi connectivity index (χ0v) is 15.1. The molecule has 3 rings (SSSR count). The third kappa shape index (κ3) is 2.66. The van der Waals surface area contributed by atoms with Gasteiger partial charge in [0.05, 0.1) is 7.11 Å². The van der Waals surface area contributed by atoms with Crippen molar-refractivity contribution in [3.8, 4) is 35.3 Å². The molecule has 0 aliphatic rings. The number of rotatable bonds is 3. The van der Waals surface area contributed by atoms with Gasteiger partial charge >= 0.3 is 0 Å². The third-order valence-electron chi connectivity index (χ3n) is 3.83. The van der Waals surface area contributed by atoms with Crippen LogP contribution in [-0.2, 0) is 0 Å². The Bertz CT molecular complexity index is 1120. The monoisotopic (exact) mass is 388 g/mol. The van der Waals surface area contributed by atoms with E-state index in [0.717, 1.165) is 5.39 Å². The summed E-state index contributed by atoms with van der Waals surface area (Å²) in [5, 5.41) is 28.8. The summed E-state index contributed by atoms with van der Waals surface area (Å²) in [6.45, 7) is 1.76. The number of hydrogen-bond acceptors (Lipinski definition) is 6. The summed E-state index contributed by atoms with van der Waals surface area (Å²) in [4.78, 5) is 0. The molecular weight excluding hydrogens is 379 g/mol. The van der Waals surface area contributed by atoms with E-state index in [9.17, 15) is 15.6 Å². The Morgan fingerprint density at radius 1 is 1.12 bits per heavy atom. The van der Waals surface area contributed by atoms with Gasteiger partial charge in [-0.2, -0.15) is 10.5 Å². The molecule has 0 unspecified atom stereocenters. The van der Waals surface area contributed by atoms with Crippen LogP contribution in [0.15, 0.2) is 22.6 Å². The Hall–Kier alpha value is -3.06. The fraction of sp³-hybridized carbons (Fsp3) is 0.111. The first kappa shape index (κ1) is 17.8. The molecule has 1 aromatic heterocycles. The molecular formula is C18H10Cl2N2O4. The van der Waals surface area contributed by atoms with Crippen LogP contribution in [0, 0.1) is 29.6 Å². The zero-order valence-electron chi connectivity index (χ0n) is 13.6. The quantitative estimate of drug-likeness (QED) is 0.653. The largest absolute Gasteiger partial charge is 0.505 e. The zero-order chi connectivity index (χ0) is 19.0. The van der Waals surface area contributed by atoms with Crippen molar-refractivity contribution in [2.75, 3.05) is 7.11 Å². The van der Waals surface area contributed by atoms with Crippen LogP contribution < -0.4 is 9.47 Å². The highest BCUT2D eigenvalue weighted by Crippen LogP contribution is 2.47. The number of halogens is 2. The number of furan rings is 1. The molecule has 0 aliphatic heterocycles. The molecule has 0 atom stereocenters. The number of fused-ring (bicyclic) bond motifs is 1. The molecule has 0 aliphatic carbocycles. The van der Waals surface area contributed by atoms with Crippen LogP contribution in [0.25, 0.3) is 11.0 Å². The molecule has 0 fully saturated rings. The van der Waals surface area contributed by atoms with Gasteiger partial charge in [-0.25, -0.2) is 0 Å². The minimum atomic E-state index is -0.575. The Morgan fingerprint density at radius 3 is 2.42 bits per heavy atom. The fourth-order valence-electron chi connectivity index (χ4n) is 2.47. The van der Waals surface area contributed by atoms with Crippen molar-refractivity contribution in [3.05, 3.63) is 44.9 Å². The number of ether oxygens (including phenoxy) is 2. The minimum Gasteiger partial charge on any atom is -0.505 e. The Kier molecular flexibility index (Phi) is 4.56. The number of aryl methyl sites for hydroxylation is 1. The lowest BCUT2D eigenvalue weighted by atomic mass is 10.1. The van der Waals surface area contributed by atoms with Crippen molar-refractivity contribution in [1.29, 1.82) is 10.5 Å². The number of nitrogens with zero attached hydrogens (tertiary/aromatic N) is 2. The number of benzene rings is 2. The van der Waals surface area contributed by atoms with Crippen LogP contribution in [0.1, 0.15) is 16.7 Å². The predicted octanol–water partition coefficient (Wildman–Crippen LogP) is 5.30. The molecule has 0 saturated carbocycles. The van der Waals surface area contributed by atoms with E-state index in [4.69, 9.17) is 37.1 Å². The number of methoxy groups -OCH3 is 1.